The van der Waals surface area contributed by atoms with Gasteiger partial charge in [-0.05, 0) is 36.6 Å². The Morgan fingerprint density at radius 2 is 1.93 bits per heavy atom. The van der Waals surface area contributed by atoms with Gasteiger partial charge in [0.1, 0.15) is 11.6 Å². The molecule has 2 N–H and O–H groups in total. The molecule has 1 saturated carbocycles. The van der Waals surface area contributed by atoms with Crippen LogP contribution in [0.1, 0.15) is 24.5 Å². The summed E-state index contributed by atoms with van der Waals surface area (Å²) in [5.41, 5.74) is 6.09. The summed E-state index contributed by atoms with van der Waals surface area (Å²) in [6.07, 6.45) is 0.729. The van der Waals surface area contributed by atoms with E-state index in [-0.39, 0.29) is 23.1 Å². The highest BCUT2D eigenvalue weighted by atomic mass is 19.1. The van der Waals surface area contributed by atoms with Crippen molar-refractivity contribution in [3.05, 3.63) is 34.9 Å². The number of aryl methyl sites for hydroxylation is 1. The van der Waals surface area contributed by atoms with Crippen molar-refractivity contribution < 1.29 is 8.78 Å². The molecule has 1 nitrogen and oxygen atoms in total. The van der Waals surface area contributed by atoms with Crippen molar-refractivity contribution in [3.8, 4) is 0 Å². The van der Waals surface area contributed by atoms with Crippen molar-refractivity contribution in [1.82, 2.24) is 0 Å². The van der Waals surface area contributed by atoms with E-state index in [9.17, 15) is 8.78 Å². The van der Waals surface area contributed by atoms with E-state index in [1.165, 1.54) is 12.1 Å². The lowest BCUT2D eigenvalue weighted by Gasteiger charge is -2.12. The van der Waals surface area contributed by atoms with Crippen LogP contribution in [0.5, 0.6) is 0 Å². The molecule has 2 unspecified atom stereocenters. The lowest BCUT2D eigenvalue weighted by atomic mass is 9.95. The van der Waals surface area contributed by atoms with Crippen LogP contribution in [0.3, 0.4) is 0 Å². The first-order chi connectivity index (χ1) is 6.45. The summed E-state index contributed by atoms with van der Waals surface area (Å²) in [6, 6.07) is 2.47. The maximum Gasteiger partial charge on any atom is 0.127 e. The molecule has 1 fully saturated rings. The molecule has 0 amide bonds. The second kappa shape index (κ2) is 2.76. The largest absolute Gasteiger partial charge is 0.327 e. The molecule has 1 aromatic rings. The SMILES string of the molecule is Cc1cc(F)c(C2(C)CC2N)cc1F. The van der Waals surface area contributed by atoms with Crippen molar-refractivity contribution in [3.63, 3.8) is 0 Å². The minimum absolute atomic E-state index is 0.0425. The number of hydrogen-bond donors (Lipinski definition) is 1. The van der Waals surface area contributed by atoms with Gasteiger partial charge in [0, 0.05) is 11.5 Å². The average molecular weight is 197 g/mol. The standard InChI is InChI=1S/C11H13F2N/c1-6-3-9(13)7(4-8(6)12)11(2)5-10(11)14/h3-4,10H,5,14H2,1-2H3. The van der Waals surface area contributed by atoms with Crippen LogP contribution in [-0.2, 0) is 5.41 Å². The van der Waals surface area contributed by atoms with E-state index in [2.05, 4.69) is 0 Å². The molecule has 3 heteroatoms. The lowest BCUT2D eigenvalue weighted by molar-refractivity contribution is 0.555. The van der Waals surface area contributed by atoms with Crippen molar-refractivity contribution in [2.75, 3.05) is 0 Å². The fraction of sp³-hybridized carbons (Fsp3) is 0.455. The molecule has 0 aromatic heterocycles. The van der Waals surface area contributed by atoms with Gasteiger partial charge in [-0.25, -0.2) is 8.78 Å². The molecule has 14 heavy (non-hydrogen) atoms. The summed E-state index contributed by atoms with van der Waals surface area (Å²) < 4.78 is 26.8. The van der Waals surface area contributed by atoms with E-state index in [0.717, 1.165) is 6.42 Å². The molecule has 0 aliphatic heterocycles. The van der Waals surface area contributed by atoms with Crippen LogP contribution in [0.25, 0.3) is 0 Å². The van der Waals surface area contributed by atoms with E-state index in [1.54, 1.807) is 6.92 Å². The van der Waals surface area contributed by atoms with Crippen LogP contribution in [0.15, 0.2) is 12.1 Å². The Hall–Kier alpha value is -0.960. The van der Waals surface area contributed by atoms with E-state index in [4.69, 9.17) is 5.73 Å². The molecule has 0 saturated heterocycles. The van der Waals surface area contributed by atoms with E-state index in [0.29, 0.717) is 11.1 Å². The minimum atomic E-state index is -0.362. The summed E-state index contributed by atoms with van der Waals surface area (Å²) in [5, 5.41) is 0. The Bertz CT molecular complexity index is 389. The Morgan fingerprint density at radius 1 is 1.36 bits per heavy atom. The van der Waals surface area contributed by atoms with Crippen LogP contribution in [0.4, 0.5) is 8.78 Å². The maximum absolute atomic E-state index is 13.5. The van der Waals surface area contributed by atoms with E-state index in [1.807, 2.05) is 6.92 Å². The van der Waals surface area contributed by atoms with E-state index < -0.39 is 0 Å². The molecule has 2 rings (SSSR count). The smallest absolute Gasteiger partial charge is 0.127 e. The van der Waals surface area contributed by atoms with Crippen molar-refractivity contribution in [1.29, 1.82) is 0 Å². The summed E-state index contributed by atoms with van der Waals surface area (Å²) >= 11 is 0. The van der Waals surface area contributed by atoms with Gasteiger partial charge < -0.3 is 5.73 Å². The number of benzene rings is 1. The molecule has 2 atom stereocenters. The lowest BCUT2D eigenvalue weighted by Crippen LogP contribution is -2.16. The van der Waals surface area contributed by atoms with Crippen molar-refractivity contribution in [2.45, 2.75) is 31.7 Å². The third kappa shape index (κ3) is 1.23. The van der Waals surface area contributed by atoms with Gasteiger partial charge in [0.2, 0.25) is 0 Å². The highest BCUT2D eigenvalue weighted by Crippen LogP contribution is 2.47. The Balaban J connectivity index is 2.50. The van der Waals surface area contributed by atoms with E-state index >= 15 is 0 Å². The molecular formula is C11H13F2N. The van der Waals surface area contributed by atoms with Gasteiger partial charge in [-0.3, -0.25) is 0 Å². The van der Waals surface area contributed by atoms with Gasteiger partial charge in [0.05, 0.1) is 0 Å². The predicted molar refractivity (Wildman–Crippen MR) is 51.0 cm³/mol. The topological polar surface area (TPSA) is 26.0 Å². The number of rotatable bonds is 1. The second-order valence-corrected chi connectivity index (χ2v) is 4.31. The van der Waals surface area contributed by atoms with Gasteiger partial charge in [-0.15, -0.1) is 0 Å². The van der Waals surface area contributed by atoms with Gasteiger partial charge >= 0.3 is 0 Å². The zero-order valence-electron chi connectivity index (χ0n) is 8.27. The third-order valence-corrected chi connectivity index (χ3v) is 3.17. The van der Waals surface area contributed by atoms with Gasteiger partial charge in [-0.1, -0.05) is 6.92 Å². The fourth-order valence-corrected chi connectivity index (χ4v) is 1.79. The van der Waals surface area contributed by atoms with Crippen LogP contribution < -0.4 is 5.73 Å². The first-order valence-electron chi connectivity index (χ1n) is 4.67. The Labute approximate surface area is 81.9 Å². The average Bonchev–Trinajstić information content (AvgIpc) is 2.68. The molecule has 0 radical (unpaired) electrons. The summed E-state index contributed by atoms with van der Waals surface area (Å²) in [5.74, 6) is -0.707. The zero-order valence-corrected chi connectivity index (χ0v) is 8.27. The van der Waals surface area contributed by atoms with Crippen molar-refractivity contribution in [2.24, 2.45) is 5.73 Å². The van der Waals surface area contributed by atoms with Crippen LogP contribution in [0, 0.1) is 18.6 Å². The molecule has 0 bridgehead atoms. The highest BCUT2D eigenvalue weighted by Gasteiger charge is 2.50. The van der Waals surface area contributed by atoms with Gasteiger partial charge in [0.25, 0.3) is 0 Å². The maximum atomic E-state index is 13.5. The number of hydrogen-bond acceptors (Lipinski definition) is 1. The van der Waals surface area contributed by atoms with Crippen LogP contribution in [0.2, 0.25) is 0 Å². The summed E-state index contributed by atoms with van der Waals surface area (Å²) in [7, 11) is 0. The first-order valence-corrected chi connectivity index (χ1v) is 4.67. The minimum Gasteiger partial charge on any atom is -0.327 e. The molecule has 1 aromatic carbocycles. The Kier molecular flexibility index (Phi) is 1.89. The molecule has 76 valence electrons. The number of halogens is 2. The van der Waals surface area contributed by atoms with Crippen molar-refractivity contribution >= 4 is 0 Å². The first kappa shape index (κ1) is 9.59. The zero-order chi connectivity index (χ0) is 10.5. The molecule has 1 aliphatic carbocycles. The predicted octanol–water partition coefficient (Wildman–Crippen LogP) is 2.26. The monoisotopic (exact) mass is 197 g/mol. The normalized spacial score (nSPS) is 30.5. The summed E-state index contributed by atoms with van der Waals surface area (Å²) in [4.78, 5) is 0. The second-order valence-electron chi connectivity index (χ2n) is 4.31. The molecule has 1 aliphatic rings. The van der Waals surface area contributed by atoms with Crippen LogP contribution >= 0.6 is 0 Å². The van der Waals surface area contributed by atoms with Crippen LogP contribution in [-0.4, -0.2) is 6.04 Å². The highest BCUT2D eigenvalue weighted by molar-refractivity contribution is 5.38. The van der Waals surface area contributed by atoms with Gasteiger partial charge in [0.15, 0.2) is 0 Å². The fourth-order valence-electron chi connectivity index (χ4n) is 1.79. The van der Waals surface area contributed by atoms with Gasteiger partial charge in [-0.2, -0.15) is 0 Å². The quantitative estimate of drug-likeness (QED) is 0.734. The summed E-state index contributed by atoms with van der Waals surface area (Å²) in [6.45, 7) is 3.42. The number of nitrogens with two attached hydrogens (primary N) is 1. The Morgan fingerprint density at radius 3 is 2.43 bits per heavy atom. The molecular weight excluding hydrogens is 184 g/mol. The molecule has 0 spiro atoms. The third-order valence-electron chi connectivity index (χ3n) is 3.17. The molecule has 0 heterocycles.